The van der Waals surface area contributed by atoms with Crippen molar-refractivity contribution < 1.29 is 9.26 Å². The summed E-state index contributed by atoms with van der Waals surface area (Å²) in [5.74, 6) is 3.41. The molecular formula is C19H24N6O2. The van der Waals surface area contributed by atoms with Gasteiger partial charge in [0.25, 0.3) is 0 Å². The van der Waals surface area contributed by atoms with Crippen LogP contribution in [-0.2, 0) is 25.9 Å². The molecule has 8 heteroatoms. The molecule has 3 aromatic heterocycles. The maximum atomic E-state index is 5.34. The maximum absolute atomic E-state index is 5.34. The van der Waals surface area contributed by atoms with Gasteiger partial charge < -0.3 is 14.2 Å². The molecule has 0 bridgehead atoms. The van der Waals surface area contributed by atoms with Crippen LogP contribution in [0, 0.1) is 5.92 Å². The van der Waals surface area contributed by atoms with E-state index in [4.69, 9.17) is 14.2 Å². The first-order valence-corrected chi connectivity index (χ1v) is 9.22. The predicted molar refractivity (Wildman–Crippen MR) is 99.0 cm³/mol. The number of hydrogen-bond donors (Lipinski definition) is 1. The maximum Gasteiger partial charge on any atom is 0.226 e. The van der Waals surface area contributed by atoms with Crippen LogP contribution in [0.5, 0.6) is 5.88 Å². The molecule has 0 fully saturated rings. The van der Waals surface area contributed by atoms with Crippen LogP contribution in [0.15, 0.2) is 22.9 Å². The second-order valence-electron chi connectivity index (χ2n) is 7.26. The molecule has 0 atom stereocenters. The summed E-state index contributed by atoms with van der Waals surface area (Å²) in [5.41, 5.74) is 3.21. The highest BCUT2D eigenvalue weighted by Gasteiger charge is 2.22. The zero-order chi connectivity index (χ0) is 18.8. The second-order valence-corrected chi connectivity index (χ2v) is 7.26. The van der Waals surface area contributed by atoms with Crippen molar-refractivity contribution in [2.75, 3.05) is 13.7 Å². The van der Waals surface area contributed by atoms with Gasteiger partial charge in [-0.05, 0) is 12.0 Å². The van der Waals surface area contributed by atoms with Crippen molar-refractivity contribution in [1.82, 2.24) is 30.0 Å². The van der Waals surface area contributed by atoms with Gasteiger partial charge in [-0.1, -0.05) is 19.0 Å². The number of rotatable bonds is 6. The first-order valence-electron chi connectivity index (χ1n) is 9.22. The summed E-state index contributed by atoms with van der Waals surface area (Å²) >= 11 is 0. The Bertz CT molecular complexity index is 899. The van der Waals surface area contributed by atoms with Crippen molar-refractivity contribution >= 4 is 0 Å². The number of aromatic nitrogens is 5. The molecule has 4 heterocycles. The van der Waals surface area contributed by atoms with Crippen LogP contribution in [0.3, 0.4) is 0 Å². The standard InChI is InChI=1S/C19H24N6O2/c1-12(2)8-18-23-16(24-27-18)11-25-7-6-14-15(10-25)22-19(21-14)13-4-5-17(26-3)20-9-13/h4-5,9,12H,6-8,10-11H2,1-3H3,(H,21,22). The van der Waals surface area contributed by atoms with Crippen LogP contribution >= 0.6 is 0 Å². The highest BCUT2D eigenvalue weighted by molar-refractivity contribution is 5.55. The van der Waals surface area contributed by atoms with E-state index in [1.807, 2.05) is 12.1 Å². The quantitative estimate of drug-likeness (QED) is 0.715. The Hall–Kier alpha value is -2.74. The third kappa shape index (κ3) is 4.00. The van der Waals surface area contributed by atoms with E-state index in [1.165, 1.54) is 0 Å². The third-order valence-electron chi connectivity index (χ3n) is 4.59. The molecule has 0 radical (unpaired) electrons. The van der Waals surface area contributed by atoms with E-state index in [0.717, 1.165) is 54.5 Å². The van der Waals surface area contributed by atoms with E-state index >= 15 is 0 Å². The third-order valence-corrected chi connectivity index (χ3v) is 4.59. The molecule has 1 aliphatic heterocycles. The first kappa shape index (κ1) is 17.7. The number of nitrogens with zero attached hydrogens (tertiary/aromatic N) is 5. The molecule has 27 heavy (non-hydrogen) atoms. The molecule has 0 amide bonds. The Morgan fingerprint density at radius 1 is 1.30 bits per heavy atom. The van der Waals surface area contributed by atoms with Gasteiger partial charge in [-0.15, -0.1) is 0 Å². The fraction of sp³-hybridized carbons (Fsp3) is 0.474. The molecule has 0 spiro atoms. The minimum Gasteiger partial charge on any atom is -0.481 e. The monoisotopic (exact) mass is 368 g/mol. The minimum atomic E-state index is 0.506. The molecule has 0 saturated carbocycles. The van der Waals surface area contributed by atoms with E-state index in [2.05, 4.69) is 38.9 Å². The van der Waals surface area contributed by atoms with E-state index in [9.17, 15) is 0 Å². The lowest BCUT2D eigenvalue weighted by Gasteiger charge is -2.24. The summed E-state index contributed by atoms with van der Waals surface area (Å²) < 4.78 is 10.5. The number of pyridine rings is 1. The van der Waals surface area contributed by atoms with Crippen molar-refractivity contribution in [2.24, 2.45) is 5.92 Å². The molecule has 3 aromatic rings. The number of methoxy groups -OCH3 is 1. The normalized spacial score (nSPS) is 14.5. The van der Waals surface area contributed by atoms with Crippen LogP contribution in [-0.4, -0.2) is 43.6 Å². The van der Waals surface area contributed by atoms with E-state index in [-0.39, 0.29) is 0 Å². The lowest BCUT2D eigenvalue weighted by atomic mass is 10.1. The number of ether oxygens (including phenoxy) is 1. The van der Waals surface area contributed by atoms with Gasteiger partial charge in [0.1, 0.15) is 5.82 Å². The SMILES string of the molecule is COc1ccc(-c2nc3c([nH]2)CN(Cc2noc(CC(C)C)n2)CC3)cn1. The molecular weight excluding hydrogens is 344 g/mol. The summed E-state index contributed by atoms with van der Waals surface area (Å²) in [6, 6.07) is 3.80. The number of fused-ring (bicyclic) bond motifs is 1. The van der Waals surface area contributed by atoms with Crippen LogP contribution in [0.25, 0.3) is 11.4 Å². The first-order chi connectivity index (χ1) is 13.1. The Kier molecular flexibility index (Phi) is 4.89. The second kappa shape index (κ2) is 7.48. The topological polar surface area (TPSA) is 93.0 Å². The van der Waals surface area contributed by atoms with Gasteiger partial charge in [-0.25, -0.2) is 9.97 Å². The molecule has 0 saturated heterocycles. The van der Waals surface area contributed by atoms with E-state index in [0.29, 0.717) is 24.2 Å². The molecule has 1 N–H and O–H groups in total. The van der Waals surface area contributed by atoms with Crippen molar-refractivity contribution in [3.63, 3.8) is 0 Å². The molecule has 0 unspecified atom stereocenters. The van der Waals surface area contributed by atoms with Crippen molar-refractivity contribution in [3.8, 4) is 17.3 Å². The number of hydrogen-bond acceptors (Lipinski definition) is 7. The van der Waals surface area contributed by atoms with Gasteiger partial charge >= 0.3 is 0 Å². The lowest BCUT2D eigenvalue weighted by molar-refractivity contribution is 0.231. The molecule has 142 valence electrons. The van der Waals surface area contributed by atoms with Crippen LogP contribution in [0.1, 0.15) is 37.0 Å². The highest BCUT2D eigenvalue weighted by Crippen LogP contribution is 2.24. The number of nitrogens with one attached hydrogen (secondary N) is 1. The summed E-state index contributed by atoms with van der Waals surface area (Å²) in [5, 5.41) is 4.11. The summed E-state index contributed by atoms with van der Waals surface area (Å²) in [6.45, 7) is 6.68. The summed E-state index contributed by atoms with van der Waals surface area (Å²) in [4.78, 5) is 19.2. The number of H-pyrrole nitrogens is 1. The van der Waals surface area contributed by atoms with Gasteiger partial charge in [-0.2, -0.15) is 4.98 Å². The van der Waals surface area contributed by atoms with Gasteiger partial charge in [0.05, 0.1) is 25.0 Å². The minimum absolute atomic E-state index is 0.506. The van der Waals surface area contributed by atoms with E-state index in [1.54, 1.807) is 13.3 Å². The molecule has 4 rings (SSSR count). The number of aromatic amines is 1. The predicted octanol–water partition coefficient (Wildman–Crippen LogP) is 2.62. The van der Waals surface area contributed by atoms with E-state index < -0.39 is 0 Å². The number of imidazole rings is 1. The molecule has 8 nitrogen and oxygen atoms in total. The average molecular weight is 368 g/mol. The molecule has 0 aliphatic carbocycles. The van der Waals surface area contributed by atoms with Crippen molar-refractivity contribution in [2.45, 2.75) is 39.8 Å². The molecule has 1 aliphatic rings. The lowest BCUT2D eigenvalue weighted by Crippen LogP contribution is -2.30. The Balaban J connectivity index is 1.43. The summed E-state index contributed by atoms with van der Waals surface area (Å²) in [6.07, 6.45) is 3.49. The fourth-order valence-electron chi connectivity index (χ4n) is 3.25. The zero-order valence-corrected chi connectivity index (χ0v) is 15.9. The summed E-state index contributed by atoms with van der Waals surface area (Å²) in [7, 11) is 1.61. The van der Waals surface area contributed by atoms with Crippen molar-refractivity contribution in [3.05, 3.63) is 41.4 Å². The van der Waals surface area contributed by atoms with Gasteiger partial charge in [0.2, 0.25) is 11.8 Å². The highest BCUT2D eigenvalue weighted by atomic mass is 16.5. The van der Waals surface area contributed by atoms with Crippen molar-refractivity contribution in [1.29, 1.82) is 0 Å². The smallest absolute Gasteiger partial charge is 0.226 e. The fourth-order valence-corrected chi connectivity index (χ4v) is 3.25. The van der Waals surface area contributed by atoms with Gasteiger partial charge in [0, 0.05) is 43.8 Å². The Morgan fingerprint density at radius 3 is 2.93 bits per heavy atom. The molecule has 0 aromatic carbocycles. The van der Waals surface area contributed by atoms with Gasteiger partial charge in [-0.3, -0.25) is 4.90 Å². The van der Waals surface area contributed by atoms with Crippen LogP contribution < -0.4 is 4.74 Å². The average Bonchev–Trinajstić information content (AvgIpc) is 3.27. The van der Waals surface area contributed by atoms with Gasteiger partial charge in [0.15, 0.2) is 5.82 Å². The van der Waals surface area contributed by atoms with Crippen LogP contribution in [0.2, 0.25) is 0 Å². The largest absolute Gasteiger partial charge is 0.481 e. The Labute approximate surface area is 158 Å². The zero-order valence-electron chi connectivity index (χ0n) is 15.9. The Morgan fingerprint density at radius 2 is 2.19 bits per heavy atom. The van der Waals surface area contributed by atoms with Crippen LogP contribution in [0.4, 0.5) is 0 Å².